The minimum Gasteiger partial charge on any atom is -0.471 e. The molecule has 10 heteroatoms. The van der Waals surface area contributed by atoms with E-state index in [0.29, 0.717) is 11.8 Å². The summed E-state index contributed by atoms with van der Waals surface area (Å²) in [5.41, 5.74) is 2.21. The van der Waals surface area contributed by atoms with Crippen LogP contribution in [0.3, 0.4) is 0 Å². The Bertz CT molecular complexity index is 1040. The maximum absolute atomic E-state index is 13.2. The maximum Gasteiger partial charge on any atom is 0.423 e. The van der Waals surface area contributed by atoms with Crippen LogP contribution in [0.1, 0.15) is 30.5 Å². The van der Waals surface area contributed by atoms with E-state index in [2.05, 4.69) is 20.3 Å². The van der Waals surface area contributed by atoms with Gasteiger partial charge in [0.05, 0.1) is 12.7 Å². The van der Waals surface area contributed by atoms with Crippen LogP contribution in [0.4, 0.5) is 19.1 Å². The van der Waals surface area contributed by atoms with Crippen molar-refractivity contribution < 1.29 is 28.1 Å². The second kappa shape index (κ2) is 9.92. The van der Waals surface area contributed by atoms with Crippen molar-refractivity contribution in [2.75, 3.05) is 5.32 Å². The Morgan fingerprint density at radius 2 is 1.75 bits per heavy atom. The van der Waals surface area contributed by atoms with Crippen LogP contribution >= 0.6 is 0 Å². The molecule has 3 aromatic rings. The number of ether oxygens (including phenoxy) is 1. The number of nitrogens with one attached hydrogen (secondary N) is 1. The second-order valence-corrected chi connectivity index (χ2v) is 7.26. The normalized spacial score (nSPS) is 13.5. The highest BCUT2D eigenvalue weighted by atomic mass is 19.4. The van der Waals surface area contributed by atoms with Gasteiger partial charge < -0.3 is 20.3 Å². The molecule has 0 saturated carbocycles. The Hall–Kier alpha value is -3.24. The molecule has 3 N–H and O–H groups in total. The van der Waals surface area contributed by atoms with E-state index in [4.69, 9.17) is 4.74 Å². The van der Waals surface area contributed by atoms with E-state index in [-0.39, 0.29) is 19.1 Å². The molecule has 0 aliphatic carbocycles. The molecule has 0 aliphatic heterocycles. The van der Waals surface area contributed by atoms with E-state index in [0.717, 1.165) is 16.7 Å². The minimum absolute atomic E-state index is 0.0327. The molecule has 0 amide bonds. The molecular formula is C22H23F3N4O3. The van der Waals surface area contributed by atoms with Crippen LogP contribution in [-0.2, 0) is 19.3 Å². The van der Waals surface area contributed by atoms with Gasteiger partial charge in [-0.1, -0.05) is 24.3 Å². The molecule has 1 aromatic carbocycles. The average molecular weight is 448 g/mol. The first-order valence-corrected chi connectivity index (χ1v) is 9.84. The van der Waals surface area contributed by atoms with Gasteiger partial charge in [-0.25, -0.2) is 4.98 Å². The third kappa shape index (κ3) is 5.92. The van der Waals surface area contributed by atoms with Gasteiger partial charge in [0.1, 0.15) is 11.7 Å². The number of hydrogen-bond donors (Lipinski definition) is 3. The molecule has 2 heterocycles. The lowest BCUT2D eigenvalue weighted by atomic mass is 10.0. The minimum atomic E-state index is -4.69. The fraction of sp³-hybridized carbons (Fsp3) is 0.318. The molecule has 0 aliphatic rings. The Morgan fingerprint density at radius 3 is 2.38 bits per heavy atom. The molecule has 0 bridgehead atoms. The van der Waals surface area contributed by atoms with E-state index in [1.54, 1.807) is 12.4 Å². The number of anilines is 1. The highest BCUT2D eigenvalue weighted by Crippen LogP contribution is 2.35. The summed E-state index contributed by atoms with van der Waals surface area (Å²) in [7, 11) is 0. The Labute approximate surface area is 183 Å². The summed E-state index contributed by atoms with van der Waals surface area (Å²) in [5.74, 6) is -0.676. The average Bonchev–Trinajstić information content (AvgIpc) is 2.77. The molecular weight excluding hydrogens is 425 g/mol. The van der Waals surface area contributed by atoms with Crippen LogP contribution in [0.5, 0.6) is 5.88 Å². The highest BCUT2D eigenvalue weighted by molar-refractivity contribution is 5.63. The number of nitrogens with zero attached hydrogens (tertiary/aromatic N) is 3. The van der Waals surface area contributed by atoms with Gasteiger partial charge in [0, 0.05) is 30.7 Å². The molecule has 3 rings (SSSR count). The molecule has 32 heavy (non-hydrogen) atoms. The fourth-order valence-electron chi connectivity index (χ4n) is 2.74. The molecule has 0 saturated heterocycles. The van der Waals surface area contributed by atoms with Crippen molar-refractivity contribution in [1.82, 2.24) is 15.0 Å². The van der Waals surface area contributed by atoms with Crippen molar-refractivity contribution >= 4 is 5.95 Å². The number of aliphatic hydroxyl groups is 2. The summed E-state index contributed by atoms with van der Waals surface area (Å²) in [6.45, 7) is 3.04. The zero-order valence-electron chi connectivity index (χ0n) is 17.5. The van der Waals surface area contributed by atoms with Crippen LogP contribution in [0.2, 0.25) is 0 Å². The molecule has 170 valence electrons. The first kappa shape index (κ1) is 23.4. The molecule has 0 unspecified atom stereocenters. The zero-order chi connectivity index (χ0) is 23.3. The largest absolute Gasteiger partial charge is 0.471 e. The van der Waals surface area contributed by atoms with Crippen LogP contribution < -0.4 is 10.1 Å². The van der Waals surface area contributed by atoms with Gasteiger partial charge in [0.15, 0.2) is 0 Å². The Balaban J connectivity index is 1.73. The maximum atomic E-state index is 13.2. The molecule has 0 spiro atoms. The predicted molar refractivity (Wildman–Crippen MR) is 112 cm³/mol. The number of alkyl halides is 3. The lowest BCUT2D eigenvalue weighted by Gasteiger charge is -2.20. The highest BCUT2D eigenvalue weighted by Gasteiger charge is 2.37. The van der Waals surface area contributed by atoms with E-state index in [1.165, 1.54) is 13.8 Å². The van der Waals surface area contributed by atoms with Gasteiger partial charge in [-0.2, -0.15) is 18.2 Å². The molecule has 7 nitrogen and oxygen atoms in total. The van der Waals surface area contributed by atoms with Gasteiger partial charge in [0.25, 0.3) is 0 Å². The predicted octanol–water partition coefficient (Wildman–Crippen LogP) is 3.81. The van der Waals surface area contributed by atoms with Gasteiger partial charge in [0.2, 0.25) is 11.8 Å². The number of aromatic nitrogens is 3. The van der Waals surface area contributed by atoms with Crippen LogP contribution in [0.15, 0.2) is 48.9 Å². The van der Waals surface area contributed by atoms with Crippen LogP contribution in [0, 0.1) is 0 Å². The van der Waals surface area contributed by atoms with Crippen LogP contribution in [-0.4, -0.2) is 37.4 Å². The van der Waals surface area contributed by atoms with Gasteiger partial charge >= 0.3 is 6.18 Å². The van der Waals surface area contributed by atoms with Crippen molar-refractivity contribution in [3.05, 3.63) is 65.6 Å². The summed E-state index contributed by atoms with van der Waals surface area (Å²) >= 11 is 0. The van der Waals surface area contributed by atoms with E-state index < -0.39 is 29.8 Å². The van der Waals surface area contributed by atoms with Crippen molar-refractivity contribution in [1.29, 1.82) is 0 Å². The van der Waals surface area contributed by atoms with Crippen molar-refractivity contribution in [2.24, 2.45) is 0 Å². The fourth-order valence-corrected chi connectivity index (χ4v) is 2.74. The summed E-state index contributed by atoms with van der Waals surface area (Å²) in [4.78, 5) is 11.7. The SMILES string of the molecule is C[C@@H](O)[C@@H](C)Oc1nc(NCc2ccc(-c3cncc(CO)c3)cc2)ncc1C(F)(F)F. The van der Waals surface area contributed by atoms with E-state index in [9.17, 15) is 23.4 Å². The molecule has 0 radical (unpaired) electrons. The number of aliphatic hydroxyl groups excluding tert-OH is 2. The number of benzene rings is 1. The van der Waals surface area contributed by atoms with Crippen LogP contribution in [0.25, 0.3) is 11.1 Å². The summed E-state index contributed by atoms with van der Waals surface area (Å²) < 4.78 is 45.0. The molecule has 0 fully saturated rings. The van der Waals surface area contributed by atoms with Gasteiger partial charge in [-0.3, -0.25) is 4.98 Å². The Kier molecular flexibility index (Phi) is 7.26. The quantitative estimate of drug-likeness (QED) is 0.482. The first-order valence-electron chi connectivity index (χ1n) is 9.84. The topological polar surface area (TPSA) is 100 Å². The lowest BCUT2D eigenvalue weighted by Crippen LogP contribution is -2.27. The smallest absolute Gasteiger partial charge is 0.423 e. The van der Waals surface area contributed by atoms with Gasteiger partial charge in [-0.15, -0.1) is 0 Å². The first-order chi connectivity index (χ1) is 15.2. The summed E-state index contributed by atoms with van der Waals surface area (Å²) in [6.07, 6.45) is -2.61. The van der Waals surface area contributed by atoms with Crippen molar-refractivity contribution in [2.45, 2.75) is 45.4 Å². The number of pyridine rings is 1. The van der Waals surface area contributed by atoms with E-state index >= 15 is 0 Å². The van der Waals surface area contributed by atoms with Crippen molar-refractivity contribution in [3.8, 4) is 17.0 Å². The van der Waals surface area contributed by atoms with E-state index in [1.807, 2.05) is 30.3 Å². The molecule has 2 aromatic heterocycles. The summed E-state index contributed by atoms with van der Waals surface area (Å²) in [6, 6.07) is 9.30. The summed E-state index contributed by atoms with van der Waals surface area (Å²) in [5, 5.41) is 21.7. The molecule has 2 atom stereocenters. The third-order valence-corrected chi connectivity index (χ3v) is 4.75. The third-order valence-electron chi connectivity index (χ3n) is 4.75. The zero-order valence-corrected chi connectivity index (χ0v) is 17.5. The lowest BCUT2D eigenvalue weighted by molar-refractivity contribution is -0.140. The number of halogens is 3. The van der Waals surface area contributed by atoms with Gasteiger partial charge in [-0.05, 0) is 36.6 Å². The number of hydrogen-bond acceptors (Lipinski definition) is 7. The Morgan fingerprint density at radius 1 is 1.03 bits per heavy atom. The second-order valence-electron chi connectivity index (χ2n) is 7.26. The van der Waals surface area contributed by atoms with Crippen molar-refractivity contribution in [3.63, 3.8) is 0 Å². The number of rotatable bonds is 8. The monoisotopic (exact) mass is 448 g/mol. The standard InChI is InChI=1S/C22H23F3N4O3/c1-13(31)14(2)32-20-19(22(23,24)25)11-28-21(29-20)27-9-15-3-5-17(6-4-15)18-7-16(12-30)8-26-10-18/h3-8,10-11,13-14,30-31H,9,12H2,1-2H3,(H,27,28,29)/t13-,14-/m1/s1.